The monoisotopic (exact) mass is 550 g/mol. The Labute approximate surface area is 221 Å². The molecule has 4 rings (SSSR count). The van der Waals surface area contributed by atoms with Gasteiger partial charge in [-0.05, 0) is 20.3 Å². The number of hydrogen-bond donors (Lipinski definition) is 8. The summed E-state index contributed by atoms with van der Waals surface area (Å²) in [6.45, 7) is 6.58. The molecule has 0 aromatic heterocycles. The van der Waals surface area contributed by atoms with E-state index in [9.17, 15) is 40.9 Å². The predicted molar refractivity (Wildman–Crippen MR) is 127 cm³/mol. The van der Waals surface area contributed by atoms with Crippen molar-refractivity contribution in [3.05, 3.63) is 12.2 Å². The molecule has 3 heterocycles. The van der Waals surface area contributed by atoms with Crippen molar-refractivity contribution in [3.8, 4) is 0 Å². The molecule has 220 valence electrons. The van der Waals surface area contributed by atoms with Crippen LogP contribution in [-0.4, -0.2) is 139 Å². The van der Waals surface area contributed by atoms with E-state index in [0.717, 1.165) is 0 Å². The summed E-state index contributed by atoms with van der Waals surface area (Å²) in [5, 5.41) is 79.5. The second kappa shape index (κ2) is 10.9. The molecule has 0 bridgehead atoms. The maximum absolute atomic E-state index is 10.4. The van der Waals surface area contributed by atoms with Gasteiger partial charge in [-0.25, -0.2) is 0 Å². The van der Waals surface area contributed by atoms with Crippen LogP contribution in [0.15, 0.2) is 12.2 Å². The molecule has 3 saturated heterocycles. The van der Waals surface area contributed by atoms with Crippen molar-refractivity contribution in [3.63, 3.8) is 0 Å². The molecule has 4 fully saturated rings. The first-order valence-electron chi connectivity index (χ1n) is 13.0. The summed E-state index contributed by atoms with van der Waals surface area (Å²) in [6.07, 6.45) is -10.0. The van der Waals surface area contributed by atoms with Gasteiger partial charge in [0.25, 0.3) is 0 Å². The van der Waals surface area contributed by atoms with Crippen molar-refractivity contribution in [1.82, 2.24) is 0 Å². The first-order chi connectivity index (χ1) is 17.7. The van der Waals surface area contributed by atoms with Gasteiger partial charge in [0.05, 0.1) is 25.4 Å². The minimum Gasteiger partial charge on any atom is -0.394 e. The summed E-state index contributed by atoms with van der Waals surface area (Å²) in [5.41, 5.74) is -1.77. The summed E-state index contributed by atoms with van der Waals surface area (Å²) in [7, 11) is 0. The van der Waals surface area contributed by atoms with Gasteiger partial charge in [-0.2, -0.15) is 0 Å². The van der Waals surface area contributed by atoms with Crippen molar-refractivity contribution in [2.24, 2.45) is 5.41 Å². The SMILES string of the molecule is C[C@@H](/C=C/[C@@]12O[C@]1(C)C[C@@H](O[C@@H]1O[C@H](CO)[C@@H](O)[C@H](O)[C@H]1O)CC2(C)C)O[C@@H]1O[C@H](CO)[C@@H](O)[C@H](O)[C@H]1O. The summed E-state index contributed by atoms with van der Waals surface area (Å²) in [5.74, 6) is 0. The van der Waals surface area contributed by atoms with Crippen LogP contribution in [0.3, 0.4) is 0 Å². The first kappa shape index (κ1) is 30.2. The molecule has 8 N–H and O–H groups in total. The largest absolute Gasteiger partial charge is 0.394 e. The lowest BCUT2D eigenvalue weighted by Crippen LogP contribution is -2.60. The Kier molecular flexibility index (Phi) is 8.65. The van der Waals surface area contributed by atoms with E-state index in [0.29, 0.717) is 12.8 Å². The normalized spacial score (nSPS) is 51.5. The Morgan fingerprint density at radius 3 is 1.84 bits per heavy atom. The number of aliphatic hydroxyl groups excluding tert-OH is 8. The number of aliphatic hydroxyl groups is 8. The fourth-order valence-corrected chi connectivity index (χ4v) is 6.21. The Morgan fingerprint density at radius 2 is 1.32 bits per heavy atom. The maximum Gasteiger partial charge on any atom is 0.187 e. The smallest absolute Gasteiger partial charge is 0.187 e. The summed E-state index contributed by atoms with van der Waals surface area (Å²) < 4.78 is 29.0. The van der Waals surface area contributed by atoms with E-state index in [2.05, 4.69) is 0 Å². The molecule has 1 saturated carbocycles. The lowest BCUT2D eigenvalue weighted by atomic mass is 9.63. The van der Waals surface area contributed by atoms with Crippen LogP contribution in [-0.2, 0) is 23.7 Å². The number of ether oxygens (including phenoxy) is 5. The molecule has 4 aliphatic rings. The number of fused-ring (bicyclic) bond motifs is 1. The van der Waals surface area contributed by atoms with E-state index in [1.807, 2.05) is 26.8 Å². The van der Waals surface area contributed by atoms with Gasteiger partial charge in [-0.15, -0.1) is 0 Å². The zero-order valence-electron chi connectivity index (χ0n) is 22.0. The highest BCUT2D eigenvalue weighted by atomic mass is 16.7. The molecule has 0 aromatic carbocycles. The first-order valence-corrected chi connectivity index (χ1v) is 13.0. The molecule has 3 aliphatic heterocycles. The zero-order chi connectivity index (χ0) is 28.2. The van der Waals surface area contributed by atoms with Gasteiger partial charge < -0.3 is 64.5 Å². The molecule has 38 heavy (non-hydrogen) atoms. The fourth-order valence-electron chi connectivity index (χ4n) is 6.21. The van der Waals surface area contributed by atoms with Crippen molar-refractivity contribution in [2.75, 3.05) is 13.2 Å². The van der Waals surface area contributed by atoms with Crippen LogP contribution in [0.2, 0.25) is 0 Å². The number of hydrogen-bond acceptors (Lipinski definition) is 13. The quantitative estimate of drug-likeness (QED) is 0.114. The number of rotatable bonds is 8. The van der Waals surface area contributed by atoms with E-state index in [4.69, 9.17) is 23.7 Å². The molecule has 13 nitrogen and oxygen atoms in total. The van der Waals surface area contributed by atoms with Crippen LogP contribution in [0, 0.1) is 5.41 Å². The third kappa shape index (κ3) is 5.18. The van der Waals surface area contributed by atoms with Gasteiger partial charge in [-0.1, -0.05) is 26.0 Å². The van der Waals surface area contributed by atoms with Crippen LogP contribution < -0.4 is 0 Å². The van der Waals surface area contributed by atoms with Crippen molar-refractivity contribution < 1.29 is 64.5 Å². The molecule has 13 heteroatoms. The van der Waals surface area contributed by atoms with Crippen LogP contribution in [0.1, 0.15) is 40.5 Å². The minimum absolute atomic E-state index is 0.414. The topological polar surface area (TPSA) is 211 Å². The Bertz CT molecular complexity index is 851. The average molecular weight is 551 g/mol. The molecule has 0 amide bonds. The molecule has 0 unspecified atom stereocenters. The molecule has 0 radical (unpaired) electrons. The van der Waals surface area contributed by atoms with Crippen molar-refractivity contribution >= 4 is 0 Å². The zero-order valence-corrected chi connectivity index (χ0v) is 22.0. The molecular weight excluding hydrogens is 508 g/mol. The fraction of sp³-hybridized carbons (Fsp3) is 0.920. The second-order valence-electron chi connectivity index (χ2n) is 11.7. The van der Waals surface area contributed by atoms with E-state index in [1.165, 1.54) is 0 Å². The summed E-state index contributed by atoms with van der Waals surface area (Å²) >= 11 is 0. The number of epoxide rings is 1. The molecule has 0 aromatic rings. The van der Waals surface area contributed by atoms with E-state index >= 15 is 0 Å². The van der Waals surface area contributed by atoms with Crippen LogP contribution in [0.25, 0.3) is 0 Å². The molecular formula is C25H42O13. The van der Waals surface area contributed by atoms with Crippen LogP contribution in [0.4, 0.5) is 0 Å². The van der Waals surface area contributed by atoms with E-state index in [-0.39, 0.29) is 0 Å². The Balaban J connectivity index is 1.40. The average Bonchev–Trinajstić information content (AvgIpc) is 3.49. The lowest BCUT2D eigenvalue weighted by molar-refractivity contribution is -0.315. The Morgan fingerprint density at radius 1 is 0.789 bits per heavy atom. The molecule has 0 spiro atoms. The van der Waals surface area contributed by atoms with Crippen molar-refractivity contribution in [1.29, 1.82) is 0 Å². The third-order valence-electron chi connectivity index (χ3n) is 8.47. The van der Waals surface area contributed by atoms with Gasteiger partial charge in [-0.3, -0.25) is 0 Å². The highest BCUT2D eigenvalue weighted by molar-refractivity contribution is 5.32. The second-order valence-corrected chi connectivity index (χ2v) is 11.7. The minimum atomic E-state index is -1.53. The van der Waals surface area contributed by atoms with Crippen LogP contribution >= 0.6 is 0 Å². The van der Waals surface area contributed by atoms with Gasteiger partial charge in [0.2, 0.25) is 0 Å². The van der Waals surface area contributed by atoms with Gasteiger partial charge in [0.1, 0.15) is 60.0 Å². The standard InChI is InChI=1S/C25H42O13/c1-11(34-21-19(32)17(30)15(28)13(9-26)36-21)5-6-25-23(2,3)7-12(8-24(25,4)38-25)35-22-20(33)18(31)16(29)14(10-27)37-22/h5-6,11-22,26-33H,7-10H2,1-4H3/b6-5+/t11-,12-,13+,14+,15+,16+,17-,18-,19+,20+,21+,22+,24+,25-/m0/s1. The van der Waals surface area contributed by atoms with Gasteiger partial charge in [0, 0.05) is 11.8 Å². The van der Waals surface area contributed by atoms with Gasteiger partial charge in [0.15, 0.2) is 12.6 Å². The van der Waals surface area contributed by atoms with E-state index in [1.54, 1.807) is 13.0 Å². The van der Waals surface area contributed by atoms with Crippen LogP contribution in [0.5, 0.6) is 0 Å². The molecule has 14 atom stereocenters. The Hall–Kier alpha value is -0.780. The lowest BCUT2D eigenvalue weighted by Gasteiger charge is -2.45. The summed E-state index contributed by atoms with van der Waals surface area (Å²) in [4.78, 5) is 0. The van der Waals surface area contributed by atoms with Crippen molar-refractivity contribution in [2.45, 2.75) is 125 Å². The predicted octanol–water partition coefficient (Wildman–Crippen LogP) is -2.72. The summed E-state index contributed by atoms with van der Waals surface area (Å²) in [6, 6.07) is 0. The highest BCUT2D eigenvalue weighted by Gasteiger charge is 2.75. The third-order valence-corrected chi connectivity index (χ3v) is 8.47. The maximum atomic E-state index is 10.4. The highest BCUT2D eigenvalue weighted by Crippen LogP contribution is 2.66. The van der Waals surface area contributed by atoms with Gasteiger partial charge >= 0.3 is 0 Å². The van der Waals surface area contributed by atoms with E-state index < -0.39 is 103 Å². The molecule has 1 aliphatic carbocycles.